The first-order valence-corrected chi connectivity index (χ1v) is 9.71. The summed E-state index contributed by atoms with van der Waals surface area (Å²) < 4.78 is 14.4. The summed E-state index contributed by atoms with van der Waals surface area (Å²) in [6.45, 7) is 0.413. The molecule has 4 rings (SSSR count). The van der Waals surface area contributed by atoms with Crippen molar-refractivity contribution in [1.82, 2.24) is 9.71 Å². The average molecular weight is 413 g/mol. The van der Waals surface area contributed by atoms with Crippen LogP contribution in [0, 0.1) is 0 Å². The second-order valence-electron chi connectivity index (χ2n) is 5.84. The van der Waals surface area contributed by atoms with E-state index < -0.39 is 0 Å². The maximum Gasteiger partial charge on any atom is 0.206 e. The van der Waals surface area contributed by atoms with Crippen LogP contribution in [0.4, 0.5) is 5.69 Å². The molecule has 0 bridgehead atoms. The molecule has 0 saturated heterocycles. The summed E-state index contributed by atoms with van der Waals surface area (Å²) in [5.74, 6) is 2.65. The van der Waals surface area contributed by atoms with Crippen molar-refractivity contribution >= 4 is 35.2 Å². The van der Waals surface area contributed by atoms with Crippen LogP contribution in [0.15, 0.2) is 70.7 Å². The van der Waals surface area contributed by atoms with Crippen LogP contribution in [0.2, 0.25) is 5.02 Å². The highest BCUT2D eigenvalue weighted by atomic mass is 35.5. The predicted octanol–water partition coefficient (Wildman–Crippen LogP) is 5.11. The molecule has 6 nitrogen and oxygen atoms in total. The Balaban J connectivity index is 1.55. The highest BCUT2D eigenvalue weighted by Crippen LogP contribution is 2.40. The number of anilines is 1. The molecule has 0 radical (unpaired) electrons. The van der Waals surface area contributed by atoms with Crippen LogP contribution in [0.3, 0.4) is 0 Å². The smallest absolute Gasteiger partial charge is 0.206 e. The molecule has 1 aliphatic heterocycles. The predicted molar refractivity (Wildman–Crippen MR) is 113 cm³/mol. The average Bonchev–Trinajstić information content (AvgIpc) is 2.74. The number of halogens is 1. The van der Waals surface area contributed by atoms with Gasteiger partial charge in [-0.15, -0.1) is 0 Å². The normalized spacial score (nSPS) is 14.0. The number of methoxy groups -OCH3 is 1. The van der Waals surface area contributed by atoms with Crippen molar-refractivity contribution in [3.8, 4) is 17.2 Å². The van der Waals surface area contributed by atoms with Gasteiger partial charge in [0.05, 0.1) is 35.0 Å². The molecule has 0 unspecified atom stereocenters. The molecule has 3 aromatic rings. The van der Waals surface area contributed by atoms with E-state index in [0.717, 1.165) is 22.0 Å². The van der Waals surface area contributed by atoms with E-state index in [4.69, 9.17) is 21.1 Å². The second-order valence-corrected chi connectivity index (χ2v) is 7.10. The van der Waals surface area contributed by atoms with Gasteiger partial charge in [-0.2, -0.15) is 0 Å². The van der Waals surface area contributed by atoms with E-state index in [0.29, 0.717) is 29.0 Å². The van der Waals surface area contributed by atoms with E-state index in [2.05, 4.69) is 20.0 Å². The largest absolute Gasteiger partial charge is 0.497 e. The summed E-state index contributed by atoms with van der Waals surface area (Å²) in [5, 5.41) is 3.85. The van der Waals surface area contributed by atoms with Gasteiger partial charge in [-0.05, 0) is 42.3 Å². The third kappa shape index (κ3) is 4.16. The highest BCUT2D eigenvalue weighted by Gasteiger charge is 2.19. The lowest BCUT2D eigenvalue weighted by Gasteiger charge is -2.23. The molecule has 2 aromatic carbocycles. The van der Waals surface area contributed by atoms with E-state index in [1.165, 1.54) is 11.9 Å². The van der Waals surface area contributed by atoms with Crippen molar-refractivity contribution in [1.29, 1.82) is 0 Å². The van der Waals surface area contributed by atoms with Crippen molar-refractivity contribution in [2.45, 2.75) is 11.4 Å². The highest BCUT2D eigenvalue weighted by molar-refractivity contribution is 7.98. The monoisotopic (exact) mass is 412 g/mol. The van der Waals surface area contributed by atoms with E-state index in [-0.39, 0.29) is 0 Å². The fourth-order valence-corrected chi connectivity index (χ4v) is 3.50. The fraction of sp³-hybridized carbons (Fsp3) is 0.100. The number of nitrogens with one attached hydrogen (secondary N) is 2. The number of aliphatic imine (C=N–C) groups is 1. The summed E-state index contributed by atoms with van der Waals surface area (Å²) >= 11 is 7.69. The number of hydrogen-bond acceptors (Lipinski definition) is 5. The van der Waals surface area contributed by atoms with Gasteiger partial charge in [0.1, 0.15) is 11.5 Å². The first kappa shape index (κ1) is 18.5. The lowest BCUT2D eigenvalue weighted by Crippen LogP contribution is -2.29. The number of pyridine rings is 1. The Morgan fingerprint density at radius 3 is 2.82 bits per heavy atom. The van der Waals surface area contributed by atoms with Gasteiger partial charge in [0.15, 0.2) is 5.75 Å². The molecule has 0 saturated carbocycles. The number of ether oxygens (including phenoxy) is 2. The molecule has 28 heavy (non-hydrogen) atoms. The number of hydrogen-bond donors (Lipinski definition) is 2. The van der Waals surface area contributed by atoms with Gasteiger partial charge in [-0.3, -0.25) is 9.71 Å². The van der Waals surface area contributed by atoms with Crippen LogP contribution in [-0.4, -0.2) is 18.1 Å². The molecule has 0 atom stereocenters. The van der Waals surface area contributed by atoms with Crippen molar-refractivity contribution in [2.75, 3.05) is 12.4 Å². The van der Waals surface area contributed by atoms with Crippen LogP contribution in [-0.2, 0) is 6.54 Å². The summed E-state index contributed by atoms with van der Waals surface area (Å²) in [6, 6.07) is 16.9. The standard InChI is InChI=1S/C20H17ClN4O2S/c1-26-14-9-10-22-13(11-14)12-23-20-24-19-17(7-4-8-18(19)28-25-20)27-16-6-3-2-5-15(16)21/h2-11H,12H2,1H3,(H2,23,24,25). The molecule has 0 fully saturated rings. The number of guanidine groups is 1. The molecular formula is C20H17ClN4O2S. The zero-order valence-electron chi connectivity index (χ0n) is 15.0. The van der Waals surface area contributed by atoms with Gasteiger partial charge in [-0.25, -0.2) is 4.99 Å². The maximum atomic E-state index is 6.22. The number of nitrogens with zero attached hydrogens (tertiary/aromatic N) is 2. The second kappa shape index (κ2) is 8.41. The van der Waals surface area contributed by atoms with E-state index in [1.807, 2.05) is 42.5 Å². The van der Waals surface area contributed by atoms with Crippen molar-refractivity contribution in [2.24, 2.45) is 4.99 Å². The quantitative estimate of drug-likeness (QED) is 0.567. The molecule has 8 heteroatoms. The lowest BCUT2D eigenvalue weighted by molar-refractivity contribution is 0.413. The third-order valence-corrected chi connectivity index (χ3v) is 5.14. The van der Waals surface area contributed by atoms with Crippen LogP contribution in [0.1, 0.15) is 5.69 Å². The zero-order chi connectivity index (χ0) is 19.3. The van der Waals surface area contributed by atoms with E-state index in [1.54, 1.807) is 25.4 Å². The maximum absolute atomic E-state index is 6.22. The van der Waals surface area contributed by atoms with Crippen LogP contribution >= 0.6 is 23.5 Å². The number of benzene rings is 2. The molecule has 1 aliphatic rings. The molecule has 0 amide bonds. The summed E-state index contributed by atoms with van der Waals surface area (Å²) in [5.41, 5.74) is 1.65. The topological polar surface area (TPSA) is 67.8 Å². The minimum atomic E-state index is 0.413. The van der Waals surface area contributed by atoms with Gasteiger partial charge in [-0.1, -0.05) is 29.8 Å². The molecule has 2 heterocycles. The van der Waals surface area contributed by atoms with Crippen LogP contribution in [0.5, 0.6) is 17.2 Å². The number of rotatable bonds is 5. The first-order valence-electron chi connectivity index (χ1n) is 8.51. The Morgan fingerprint density at radius 2 is 1.96 bits per heavy atom. The summed E-state index contributed by atoms with van der Waals surface area (Å²) in [7, 11) is 1.63. The Labute approximate surface area is 172 Å². The van der Waals surface area contributed by atoms with Gasteiger partial charge in [0.25, 0.3) is 0 Å². The lowest BCUT2D eigenvalue weighted by atomic mass is 10.2. The molecule has 0 aliphatic carbocycles. The Morgan fingerprint density at radius 1 is 1.11 bits per heavy atom. The minimum absolute atomic E-state index is 0.413. The van der Waals surface area contributed by atoms with Gasteiger partial charge in [0.2, 0.25) is 5.96 Å². The number of aromatic nitrogens is 1. The van der Waals surface area contributed by atoms with Gasteiger partial charge < -0.3 is 14.8 Å². The third-order valence-electron chi connectivity index (χ3n) is 3.97. The van der Waals surface area contributed by atoms with Crippen molar-refractivity contribution in [3.05, 3.63) is 71.5 Å². The molecule has 142 valence electrons. The zero-order valence-corrected chi connectivity index (χ0v) is 16.6. The van der Waals surface area contributed by atoms with E-state index in [9.17, 15) is 0 Å². The van der Waals surface area contributed by atoms with Gasteiger partial charge in [0, 0.05) is 12.3 Å². The van der Waals surface area contributed by atoms with Gasteiger partial charge >= 0.3 is 0 Å². The first-order chi connectivity index (χ1) is 13.7. The summed E-state index contributed by atoms with van der Waals surface area (Å²) in [4.78, 5) is 9.88. The van der Waals surface area contributed by atoms with E-state index >= 15 is 0 Å². The number of fused-ring (bicyclic) bond motifs is 1. The fourth-order valence-electron chi connectivity index (χ4n) is 2.60. The molecule has 0 spiro atoms. The van der Waals surface area contributed by atoms with Crippen LogP contribution in [0.25, 0.3) is 0 Å². The summed E-state index contributed by atoms with van der Waals surface area (Å²) in [6.07, 6.45) is 1.70. The molecule has 2 N–H and O–H groups in total. The Hall–Kier alpha value is -2.90. The van der Waals surface area contributed by atoms with Crippen molar-refractivity contribution < 1.29 is 9.47 Å². The van der Waals surface area contributed by atoms with Crippen LogP contribution < -0.4 is 19.5 Å². The number of para-hydroxylation sites is 2. The molecular weight excluding hydrogens is 396 g/mol. The van der Waals surface area contributed by atoms with Crippen molar-refractivity contribution in [3.63, 3.8) is 0 Å². The Kier molecular flexibility index (Phi) is 5.55. The Bertz CT molecular complexity index is 1030. The SMILES string of the molecule is COc1ccnc(CN=C2NSc3cccc(Oc4ccccc4Cl)c3N2)c1. The minimum Gasteiger partial charge on any atom is -0.497 e. The molecule has 1 aromatic heterocycles.